The molecule has 1 aromatic carbocycles. The third kappa shape index (κ3) is 2.92. The molecule has 21 heavy (non-hydrogen) atoms. The van der Waals surface area contributed by atoms with Crippen molar-refractivity contribution in [3.8, 4) is 0 Å². The van der Waals surface area contributed by atoms with Crippen LogP contribution < -0.4 is 0 Å². The summed E-state index contributed by atoms with van der Waals surface area (Å²) in [6.07, 6.45) is 0. The first kappa shape index (κ1) is 16.2. The van der Waals surface area contributed by atoms with Gasteiger partial charge in [-0.25, -0.2) is 14.2 Å². The van der Waals surface area contributed by atoms with Crippen LogP contribution in [0.4, 0.5) is 4.39 Å². The van der Waals surface area contributed by atoms with Gasteiger partial charge in [-0.2, -0.15) is 0 Å². The lowest BCUT2D eigenvalue weighted by atomic mass is 10.0. The summed E-state index contributed by atoms with van der Waals surface area (Å²) in [7, 11) is 1.33. The van der Waals surface area contributed by atoms with Gasteiger partial charge in [-0.15, -0.1) is 11.6 Å². The Balaban J connectivity index is 2.75. The van der Waals surface area contributed by atoms with Crippen LogP contribution in [0.3, 0.4) is 0 Å². The lowest BCUT2D eigenvalue weighted by molar-refractivity contribution is -0.145. The van der Waals surface area contributed by atoms with Crippen LogP contribution in [-0.2, 0) is 15.4 Å². The van der Waals surface area contributed by atoms with E-state index in [2.05, 4.69) is 20.9 Å². The van der Waals surface area contributed by atoms with Crippen molar-refractivity contribution in [2.24, 2.45) is 5.92 Å². The second-order valence-corrected chi connectivity index (χ2v) is 6.12. The van der Waals surface area contributed by atoms with Crippen molar-refractivity contribution in [1.29, 1.82) is 0 Å². The van der Waals surface area contributed by atoms with Crippen LogP contribution in [0.15, 0.2) is 16.6 Å². The summed E-state index contributed by atoms with van der Waals surface area (Å²) in [6, 6.07) is 2.32. The molecule has 0 spiro atoms. The van der Waals surface area contributed by atoms with E-state index in [0.29, 0.717) is 21.3 Å². The van der Waals surface area contributed by atoms with Gasteiger partial charge in [-0.3, -0.25) is 0 Å². The number of hydrogen-bond donors (Lipinski definition) is 0. The van der Waals surface area contributed by atoms with Gasteiger partial charge in [-0.1, -0.05) is 13.8 Å². The molecule has 0 aliphatic heterocycles. The van der Waals surface area contributed by atoms with Crippen LogP contribution in [0.1, 0.15) is 25.7 Å². The highest BCUT2D eigenvalue weighted by Crippen LogP contribution is 2.30. The number of carbonyl (C=O) groups is 1. The number of methoxy groups -OCH3 is 1. The minimum Gasteiger partial charge on any atom is -0.467 e. The van der Waals surface area contributed by atoms with Crippen molar-refractivity contribution in [3.05, 3.63) is 28.2 Å². The summed E-state index contributed by atoms with van der Waals surface area (Å²) in [5.41, 5.74) is 1.10. The Labute approximate surface area is 135 Å². The molecular formula is C14H15BrClFN2O2. The first-order chi connectivity index (χ1) is 9.90. The fourth-order valence-electron chi connectivity index (χ4n) is 2.34. The van der Waals surface area contributed by atoms with Crippen LogP contribution in [-0.4, -0.2) is 22.6 Å². The molecular weight excluding hydrogens is 363 g/mol. The highest BCUT2D eigenvalue weighted by atomic mass is 79.9. The number of alkyl halides is 1. The molecule has 0 aliphatic rings. The number of carbonyl (C=O) groups excluding carboxylic acids is 1. The van der Waals surface area contributed by atoms with Crippen molar-refractivity contribution >= 4 is 44.5 Å². The normalized spacial score (nSPS) is 12.9. The number of rotatable bonds is 4. The van der Waals surface area contributed by atoms with Crippen molar-refractivity contribution in [1.82, 2.24) is 9.55 Å². The predicted molar refractivity (Wildman–Crippen MR) is 82.8 cm³/mol. The van der Waals surface area contributed by atoms with Gasteiger partial charge < -0.3 is 9.30 Å². The number of benzene rings is 1. The third-order valence-corrected chi connectivity index (χ3v) is 4.12. The van der Waals surface area contributed by atoms with Gasteiger partial charge in [0, 0.05) is 6.07 Å². The fourth-order valence-corrected chi connectivity index (χ4v) is 2.86. The molecule has 0 amide bonds. The van der Waals surface area contributed by atoms with E-state index in [1.165, 1.54) is 13.2 Å². The topological polar surface area (TPSA) is 44.1 Å². The Morgan fingerprint density at radius 3 is 2.71 bits per heavy atom. The summed E-state index contributed by atoms with van der Waals surface area (Å²) in [4.78, 5) is 16.5. The molecule has 4 nitrogen and oxygen atoms in total. The fraction of sp³-hybridized carbons (Fsp3) is 0.429. The van der Waals surface area contributed by atoms with E-state index in [9.17, 15) is 9.18 Å². The Kier molecular flexibility index (Phi) is 4.88. The molecule has 0 N–H and O–H groups in total. The average Bonchev–Trinajstić information content (AvgIpc) is 2.77. The summed E-state index contributed by atoms with van der Waals surface area (Å²) < 4.78 is 20.7. The highest BCUT2D eigenvalue weighted by Gasteiger charge is 2.29. The van der Waals surface area contributed by atoms with Crippen molar-refractivity contribution in [2.75, 3.05) is 7.11 Å². The smallest absolute Gasteiger partial charge is 0.329 e. The predicted octanol–water partition coefficient (Wildman–Crippen LogP) is 4.05. The van der Waals surface area contributed by atoms with Gasteiger partial charge in [0.05, 0.1) is 28.5 Å². The lowest BCUT2D eigenvalue weighted by Crippen LogP contribution is -2.27. The molecule has 7 heteroatoms. The first-order valence-corrected chi connectivity index (χ1v) is 7.73. The Bertz CT molecular complexity index is 687. The van der Waals surface area contributed by atoms with Crippen molar-refractivity contribution in [3.63, 3.8) is 0 Å². The summed E-state index contributed by atoms with van der Waals surface area (Å²) in [6.45, 7) is 3.78. The van der Waals surface area contributed by atoms with E-state index >= 15 is 0 Å². The molecule has 1 aromatic heterocycles. The maximum Gasteiger partial charge on any atom is 0.329 e. The zero-order valence-corrected chi connectivity index (χ0v) is 14.2. The zero-order valence-electron chi connectivity index (χ0n) is 11.9. The highest BCUT2D eigenvalue weighted by molar-refractivity contribution is 9.10. The van der Waals surface area contributed by atoms with Crippen LogP contribution in [0.25, 0.3) is 11.0 Å². The number of imidazole rings is 1. The molecule has 1 unspecified atom stereocenters. The number of esters is 1. The van der Waals surface area contributed by atoms with Crippen LogP contribution in [0.5, 0.6) is 0 Å². The van der Waals surface area contributed by atoms with Crippen LogP contribution in [0.2, 0.25) is 0 Å². The van der Waals surface area contributed by atoms with Gasteiger partial charge in [0.15, 0.2) is 0 Å². The van der Waals surface area contributed by atoms with Gasteiger partial charge in [0.25, 0.3) is 0 Å². The minimum absolute atomic E-state index is 0.0523. The lowest BCUT2D eigenvalue weighted by Gasteiger charge is -2.22. The Morgan fingerprint density at radius 1 is 1.52 bits per heavy atom. The molecule has 1 atom stereocenters. The number of fused-ring (bicyclic) bond motifs is 1. The monoisotopic (exact) mass is 376 g/mol. The number of ether oxygens (including phenoxy) is 1. The van der Waals surface area contributed by atoms with E-state index in [4.69, 9.17) is 16.3 Å². The Morgan fingerprint density at radius 2 is 2.19 bits per heavy atom. The number of aromatic nitrogens is 2. The van der Waals surface area contributed by atoms with Crippen molar-refractivity contribution < 1.29 is 13.9 Å². The molecule has 1 heterocycles. The van der Waals surface area contributed by atoms with Crippen LogP contribution >= 0.6 is 27.5 Å². The van der Waals surface area contributed by atoms with Gasteiger partial charge >= 0.3 is 5.97 Å². The van der Waals surface area contributed by atoms with Gasteiger partial charge in [0.1, 0.15) is 17.7 Å². The minimum atomic E-state index is -0.602. The maximum absolute atomic E-state index is 13.9. The number of nitrogens with zero attached hydrogens (tertiary/aromatic N) is 2. The molecule has 114 valence electrons. The van der Waals surface area contributed by atoms with E-state index in [1.807, 2.05) is 13.8 Å². The van der Waals surface area contributed by atoms with Gasteiger partial charge in [-0.05, 0) is 27.9 Å². The maximum atomic E-state index is 13.9. The molecule has 0 saturated heterocycles. The summed E-state index contributed by atoms with van der Waals surface area (Å²) in [5.74, 6) is -0.248. The zero-order chi connectivity index (χ0) is 15.7. The average molecular weight is 378 g/mol. The van der Waals surface area contributed by atoms with Gasteiger partial charge in [0.2, 0.25) is 0 Å². The summed E-state index contributed by atoms with van der Waals surface area (Å²) in [5, 5.41) is 0. The van der Waals surface area contributed by atoms with E-state index in [1.54, 1.807) is 10.6 Å². The second kappa shape index (κ2) is 6.32. The molecule has 2 rings (SSSR count). The third-order valence-electron chi connectivity index (χ3n) is 3.28. The molecule has 0 radical (unpaired) electrons. The van der Waals surface area contributed by atoms with E-state index in [0.717, 1.165) is 0 Å². The first-order valence-electron chi connectivity index (χ1n) is 6.40. The standard InChI is InChI=1S/C14H15BrClFN2O2/c1-7(2)13(14(20)21-3)19-11-5-9(17)8(15)4-10(11)18-12(19)6-16/h4-5,7,13H,6H2,1-3H3. The number of hydrogen-bond acceptors (Lipinski definition) is 3. The molecule has 0 aliphatic carbocycles. The molecule has 0 fully saturated rings. The number of halogens is 3. The van der Waals surface area contributed by atoms with E-state index < -0.39 is 17.8 Å². The summed E-state index contributed by atoms with van der Waals surface area (Å²) >= 11 is 9.07. The van der Waals surface area contributed by atoms with Crippen LogP contribution in [0, 0.1) is 11.7 Å². The SMILES string of the molecule is COC(=O)C(C(C)C)n1c(CCl)nc2cc(Br)c(F)cc21. The molecule has 0 bridgehead atoms. The molecule has 0 saturated carbocycles. The molecule has 2 aromatic rings. The quantitative estimate of drug-likeness (QED) is 0.596. The largest absolute Gasteiger partial charge is 0.467 e. The Hall–Kier alpha value is -1.14. The second-order valence-electron chi connectivity index (χ2n) is 5.00. The van der Waals surface area contributed by atoms with E-state index in [-0.39, 0.29) is 11.8 Å². The van der Waals surface area contributed by atoms with Crippen molar-refractivity contribution in [2.45, 2.75) is 25.8 Å².